The third-order valence-electron chi connectivity index (χ3n) is 3.42. The summed E-state index contributed by atoms with van der Waals surface area (Å²) in [5, 5.41) is 13.7. The average Bonchev–Trinajstić information content (AvgIpc) is 2.51. The standard InChI is InChI=1S/C19H24ClNO2/c1-5-6-17(11-14(2)20)13-21-15(3)7-8-16-9-10-18(22)19(12-16)23-4/h1,6,9-12,15,21-22H,7-8,13H2,2-4H3/b14-11+,17-6+. The van der Waals surface area contributed by atoms with Crippen molar-refractivity contribution in [2.45, 2.75) is 32.7 Å². The molecule has 1 rings (SSSR count). The summed E-state index contributed by atoms with van der Waals surface area (Å²) in [6.45, 7) is 4.63. The molecule has 0 aromatic heterocycles. The number of allylic oxidation sites excluding steroid dienone is 2. The first kappa shape index (κ1) is 19.2. The van der Waals surface area contributed by atoms with Gasteiger partial charge in [-0.15, -0.1) is 6.42 Å². The van der Waals surface area contributed by atoms with Gasteiger partial charge in [0.05, 0.1) is 7.11 Å². The molecule has 1 unspecified atom stereocenters. The Hall–Kier alpha value is -1.89. The van der Waals surface area contributed by atoms with Crippen molar-refractivity contribution in [3.63, 3.8) is 0 Å². The van der Waals surface area contributed by atoms with E-state index in [1.165, 1.54) is 0 Å². The monoisotopic (exact) mass is 333 g/mol. The quantitative estimate of drug-likeness (QED) is 0.558. The molecule has 23 heavy (non-hydrogen) atoms. The number of aromatic hydroxyl groups is 1. The van der Waals surface area contributed by atoms with E-state index in [4.69, 9.17) is 22.8 Å². The van der Waals surface area contributed by atoms with Crippen LogP contribution in [0.2, 0.25) is 0 Å². The Kier molecular flexibility index (Phi) is 8.32. The Labute approximate surface area is 144 Å². The zero-order valence-corrected chi connectivity index (χ0v) is 14.7. The van der Waals surface area contributed by atoms with E-state index >= 15 is 0 Å². The number of ether oxygens (including phenoxy) is 1. The van der Waals surface area contributed by atoms with Crippen LogP contribution in [0.1, 0.15) is 25.8 Å². The molecule has 4 heteroatoms. The van der Waals surface area contributed by atoms with Crippen LogP contribution in [0.5, 0.6) is 11.5 Å². The maximum Gasteiger partial charge on any atom is 0.160 e. The first-order valence-corrected chi connectivity index (χ1v) is 7.92. The number of terminal acetylenes is 1. The summed E-state index contributed by atoms with van der Waals surface area (Å²) in [4.78, 5) is 0. The van der Waals surface area contributed by atoms with Gasteiger partial charge >= 0.3 is 0 Å². The molecule has 0 heterocycles. The van der Waals surface area contributed by atoms with Gasteiger partial charge in [-0.25, -0.2) is 0 Å². The van der Waals surface area contributed by atoms with Crippen LogP contribution >= 0.6 is 11.6 Å². The van der Waals surface area contributed by atoms with Crippen molar-refractivity contribution in [1.82, 2.24) is 5.32 Å². The maximum absolute atomic E-state index is 9.60. The number of halogens is 1. The third kappa shape index (κ3) is 7.27. The summed E-state index contributed by atoms with van der Waals surface area (Å²) in [7, 11) is 1.55. The molecule has 0 amide bonds. The number of benzene rings is 1. The molecular weight excluding hydrogens is 310 g/mol. The van der Waals surface area contributed by atoms with Crippen molar-refractivity contribution in [2.24, 2.45) is 0 Å². The molecule has 0 fully saturated rings. The van der Waals surface area contributed by atoms with Crippen molar-refractivity contribution < 1.29 is 9.84 Å². The summed E-state index contributed by atoms with van der Waals surface area (Å²) in [5.41, 5.74) is 2.11. The third-order valence-corrected chi connectivity index (χ3v) is 3.53. The van der Waals surface area contributed by atoms with Gasteiger partial charge in [-0.2, -0.15) is 0 Å². The fourth-order valence-corrected chi connectivity index (χ4v) is 2.30. The Morgan fingerprint density at radius 1 is 1.52 bits per heavy atom. The molecule has 0 radical (unpaired) electrons. The summed E-state index contributed by atoms with van der Waals surface area (Å²) in [6.07, 6.45) is 10.8. The van der Waals surface area contributed by atoms with Crippen molar-refractivity contribution in [3.8, 4) is 23.8 Å². The largest absolute Gasteiger partial charge is 0.504 e. The van der Waals surface area contributed by atoms with Crippen LogP contribution in [0.25, 0.3) is 0 Å². The lowest BCUT2D eigenvalue weighted by Crippen LogP contribution is -2.28. The van der Waals surface area contributed by atoms with E-state index in [0.717, 1.165) is 24.0 Å². The van der Waals surface area contributed by atoms with E-state index in [1.807, 2.05) is 25.1 Å². The van der Waals surface area contributed by atoms with Gasteiger partial charge in [0.15, 0.2) is 11.5 Å². The van der Waals surface area contributed by atoms with Crippen molar-refractivity contribution in [3.05, 3.63) is 46.5 Å². The highest BCUT2D eigenvalue weighted by Crippen LogP contribution is 2.26. The molecule has 1 aromatic rings. The minimum Gasteiger partial charge on any atom is -0.504 e. The molecule has 3 nitrogen and oxygen atoms in total. The van der Waals surface area contributed by atoms with Crippen LogP contribution in [0, 0.1) is 12.3 Å². The van der Waals surface area contributed by atoms with E-state index in [-0.39, 0.29) is 5.75 Å². The predicted molar refractivity (Wildman–Crippen MR) is 97.0 cm³/mol. The molecule has 0 saturated carbocycles. The molecule has 1 aromatic carbocycles. The Balaban J connectivity index is 2.51. The minimum absolute atomic E-state index is 0.162. The molecular formula is C19H24ClNO2. The van der Waals surface area contributed by atoms with E-state index < -0.39 is 0 Å². The molecule has 0 aliphatic rings. The highest BCUT2D eigenvalue weighted by molar-refractivity contribution is 6.29. The van der Waals surface area contributed by atoms with Crippen LogP contribution in [0.15, 0.2) is 41.0 Å². The van der Waals surface area contributed by atoms with Crippen LogP contribution in [-0.2, 0) is 6.42 Å². The lowest BCUT2D eigenvalue weighted by molar-refractivity contribution is 0.373. The van der Waals surface area contributed by atoms with Crippen LogP contribution in [-0.4, -0.2) is 24.8 Å². The van der Waals surface area contributed by atoms with Crippen LogP contribution < -0.4 is 10.1 Å². The van der Waals surface area contributed by atoms with Crippen LogP contribution in [0.4, 0.5) is 0 Å². The number of hydrogen-bond acceptors (Lipinski definition) is 3. The second kappa shape index (κ2) is 9.99. The zero-order chi connectivity index (χ0) is 17.2. The number of aryl methyl sites for hydroxylation is 1. The molecule has 1 atom stereocenters. The summed E-state index contributed by atoms with van der Waals surface area (Å²) in [5.74, 6) is 3.20. The molecule has 0 bridgehead atoms. The average molecular weight is 334 g/mol. The van der Waals surface area contributed by atoms with Gasteiger partial charge in [-0.05, 0) is 62.1 Å². The van der Waals surface area contributed by atoms with Crippen LogP contribution in [0.3, 0.4) is 0 Å². The fraction of sp³-hybridized carbons (Fsp3) is 0.368. The number of methoxy groups -OCH3 is 1. The second-order valence-corrected chi connectivity index (χ2v) is 6.04. The summed E-state index contributed by atoms with van der Waals surface area (Å²) >= 11 is 5.90. The normalized spacial score (nSPS) is 13.5. The van der Waals surface area contributed by atoms with Crippen molar-refractivity contribution >= 4 is 11.6 Å². The molecule has 0 aliphatic heterocycles. The Morgan fingerprint density at radius 3 is 2.87 bits per heavy atom. The zero-order valence-electron chi connectivity index (χ0n) is 13.9. The maximum atomic E-state index is 9.60. The Morgan fingerprint density at radius 2 is 2.26 bits per heavy atom. The van der Waals surface area contributed by atoms with Gasteiger partial charge < -0.3 is 15.2 Å². The lowest BCUT2D eigenvalue weighted by Gasteiger charge is -2.15. The number of rotatable bonds is 8. The number of phenols is 1. The van der Waals surface area contributed by atoms with Gasteiger partial charge in [-0.1, -0.05) is 23.6 Å². The van der Waals surface area contributed by atoms with E-state index in [2.05, 4.69) is 18.2 Å². The van der Waals surface area contributed by atoms with Gasteiger partial charge in [-0.3, -0.25) is 0 Å². The van der Waals surface area contributed by atoms with Gasteiger partial charge in [0.25, 0.3) is 0 Å². The molecule has 124 valence electrons. The number of phenolic OH excluding ortho intramolecular Hbond substituents is 1. The van der Waals surface area contributed by atoms with Crippen molar-refractivity contribution in [2.75, 3.05) is 13.7 Å². The summed E-state index contributed by atoms with van der Waals surface area (Å²) < 4.78 is 5.12. The first-order chi connectivity index (χ1) is 11.0. The van der Waals surface area contributed by atoms with E-state index in [9.17, 15) is 5.11 Å². The number of nitrogens with one attached hydrogen (secondary N) is 1. The molecule has 0 saturated heterocycles. The topological polar surface area (TPSA) is 41.5 Å². The van der Waals surface area contributed by atoms with Gasteiger partial charge in [0.2, 0.25) is 0 Å². The van der Waals surface area contributed by atoms with E-state index in [0.29, 0.717) is 23.4 Å². The SMILES string of the molecule is C#C/C=C(\C=C(/C)Cl)CNC(C)CCc1ccc(O)c(OC)c1. The predicted octanol–water partition coefficient (Wildman–Crippen LogP) is 4.01. The molecule has 0 spiro atoms. The molecule has 2 N–H and O–H groups in total. The van der Waals surface area contributed by atoms with E-state index in [1.54, 1.807) is 19.3 Å². The van der Waals surface area contributed by atoms with Gasteiger partial charge in [0.1, 0.15) is 0 Å². The number of hydrogen-bond donors (Lipinski definition) is 2. The highest BCUT2D eigenvalue weighted by Gasteiger charge is 2.06. The highest BCUT2D eigenvalue weighted by atomic mass is 35.5. The minimum atomic E-state index is 0.162. The van der Waals surface area contributed by atoms with Gasteiger partial charge in [0, 0.05) is 17.6 Å². The Bertz CT molecular complexity index is 610. The first-order valence-electron chi connectivity index (χ1n) is 7.54. The van der Waals surface area contributed by atoms with Crippen molar-refractivity contribution in [1.29, 1.82) is 0 Å². The molecule has 0 aliphatic carbocycles. The second-order valence-electron chi connectivity index (χ2n) is 5.44. The smallest absolute Gasteiger partial charge is 0.160 e. The summed E-state index contributed by atoms with van der Waals surface area (Å²) in [6, 6.07) is 5.76. The lowest BCUT2D eigenvalue weighted by atomic mass is 10.1. The fourth-order valence-electron chi connectivity index (χ4n) is 2.16.